The number of hydrogen-bond acceptors (Lipinski definition) is 3. The molecule has 2 rings (SSSR count). The van der Waals surface area contributed by atoms with Crippen molar-refractivity contribution < 1.29 is 0 Å². The molecule has 2 aromatic rings. The lowest BCUT2D eigenvalue weighted by molar-refractivity contribution is 0.474. The largest absolute Gasteiger partial charge is 0.383 e. The van der Waals surface area contributed by atoms with E-state index in [4.69, 9.17) is 5.73 Å². The fourth-order valence-corrected chi connectivity index (χ4v) is 1.93. The minimum atomic E-state index is 0.436. The smallest absolute Gasteiger partial charge is 0.127 e. The monoisotopic (exact) mass is 244 g/mol. The predicted molar refractivity (Wildman–Crippen MR) is 73.4 cm³/mol. The van der Waals surface area contributed by atoms with E-state index in [9.17, 15) is 0 Å². The third-order valence-electron chi connectivity index (χ3n) is 3.39. The van der Waals surface area contributed by atoms with Gasteiger partial charge < -0.3 is 5.73 Å². The predicted octanol–water partition coefficient (Wildman–Crippen LogP) is 2.73. The number of nitrogen functional groups attached to an aromatic ring is 1. The fourth-order valence-electron chi connectivity index (χ4n) is 1.93. The summed E-state index contributed by atoms with van der Waals surface area (Å²) >= 11 is 0. The van der Waals surface area contributed by atoms with Crippen LogP contribution >= 0.6 is 0 Å². The van der Waals surface area contributed by atoms with Gasteiger partial charge in [0.2, 0.25) is 0 Å². The van der Waals surface area contributed by atoms with Crippen molar-refractivity contribution >= 4 is 5.82 Å². The van der Waals surface area contributed by atoms with E-state index < -0.39 is 0 Å². The maximum atomic E-state index is 5.92. The van der Waals surface area contributed by atoms with Gasteiger partial charge in [-0.1, -0.05) is 6.92 Å². The van der Waals surface area contributed by atoms with E-state index in [1.807, 2.05) is 16.9 Å². The maximum absolute atomic E-state index is 5.92. The molecule has 2 heterocycles. The van der Waals surface area contributed by atoms with Crippen LogP contribution in [0.15, 0.2) is 24.5 Å². The van der Waals surface area contributed by atoms with Crippen molar-refractivity contribution in [2.24, 2.45) is 0 Å². The number of aromatic nitrogens is 3. The Hall–Kier alpha value is -1.84. The van der Waals surface area contributed by atoms with Gasteiger partial charge in [-0.3, -0.25) is 4.68 Å². The average molecular weight is 244 g/mol. The van der Waals surface area contributed by atoms with E-state index in [0.717, 1.165) is 24.1 Å². The van der Waals surface area contributed by atoms with Crippen LogP contribution in [0.5, 0.6) is 0 Å². The van der Waals surface area contributed by atoms with E-state index in [1.54, 1.807) is 6.20 Å². The van der Waals surface area contributed by atoms with Crippen molar-refractivity contribution in [2.75, 3.05) is 5.73 Å². The van der Waals surface area contributed by atoms with Gasteiger partial charge in [0.25, 0.3) is 0 Å². The topological polar surface area (TPSA) is 56.7 Å². The second-order valence-electron chi connectivity index (χ2n) is 4.71. The molecule has 0 bridgehead atoms. The summed E-state index contributed by atoms with van der Waals surface area (Å²) in [5, 5.41) is 4.59. The highest BCUT2D eigenvalue weighted by Crippen LogP contribution is 2.18. The maximum Gasteiger partial charge on any atom is 0.127 e. The first-order valence-corrected chi connectivity index (χ1v) is 6.35. The van der Waals surface area contributed by atoms with Gasteiger partial charge in [-0.05, 0) is 38.0 Å². The fraction of sp³-hybridized carbons (Fsp3) is 0.429. The van der Waals surface area contributed by atoms with Gasteiger partial charge in [0.1, 0.15) is 5.82 Å². The molecule has 1 unspecified atom stereocenters. The summed E-state index contributed by atoms with van der Waals surface area (Å²) < 4.78 is 2.01. The van der Waals surface area contributed by atoms with Gasteiger partial charge >= 0.3 is 0 Å². The minimum absolute atomic E-state index is 0.436. The van der Waals surface area contributed by atoms with E-state index in [1.165, 1.54) is 5.56 Å². The van der Waals surface area contributed by atoms with Crippen molar-refractivity contribution in [3.8, 4) is 0 Å². The van der Waals surface area contributed by atoms with Gasteiger partial charge in [-0.25, -0.2) is 4.98 Å². The van der Waals surface area contributed by atoms with E-state index in [0.29, 0.717) is 11.9 Å². The third kappa shape index (κ3) is 2.53. The molecule has 0 aliphatic carbocycles. The highest BCUT2D eigenvalue weighted by atomic mass is 15.3. The second kappa shape index (κ2) is 5.21. The van der Waals surface area contributed by atoms with Gasteiger partial charge in [-0.2, -0.15) is 5.10 Å². The molecule has 0 radical (unpaired) electrons. The number of hydrogen-bond donors (Lipinski definition) is 1. The van der Waals surface area contributed by atoms with Gasteiger partial charge in [0.05, 0.1) is 5.69 Å². The number of anilines is 1. The van der Waals surface area contributed by atoms with E-state index >= 15 is 0 Å². The Morgan fingerprint density at radius 3 is 2.83 bits per heavy atom. The Morgan fingerprint density at radius 1 is 1.39 bits per heavy atom. The van der Waals surface area contributed by atoms with E-state index in [-0.39, 0.29) is 0 Å². The number of rotatable bonds is 4. The molecule has 4 heteroatoms. The zero-order valence-electron chi connectivity index (χ0n) is 11.2. The summed E-state index contributed by atoms with van der Waals surface area (Å²) in [4.78, 5) is 4.14. The van der Waals surface area contributed by atoms with Crippen LogP contribution in [0.3, 0.4) is 0 Å². The first-order chi connectivity index (χ1) is 8.61. The van der Waals surface area contributed by atoms with Crippen molar-refractivity contribution in [2.45, 2.75) is 39.7 Å². The van der Waals surface area contributed by atoms with Crippen LogP contribution in [0.25, 0.3) is 0 Å². The standard InChI is InChI=1S/C14H20N4/c1-4-11(3)18-8-6-12(17-18)9-13-10(2)5-7-16-14(13)15/h5-8,11H,4,9H2,1-3H3,(H2,15,16). The van der Waals surface area contributed by atoms with Crippen LogP contribution in [-0.2, 0) is 6.42 Å². The highest BCUT2D eigenvalue weighted by Gasteiger charge is 2.09. The van der Waals surface area contributed by atoms with Crippen molar-refractivity contribution in [3.05, 3.63) is 41.3 Å². The molecular formula is C14H20N4. The van der Waals surface area contributed by atoms with Crippen LogP contribution in [-0.4, -0.2) is 14.8 Å². The van der Waals surface area contributed by atoms with Crippen molar-refractivity contribution in [1.29, 1.82) is 0 Å². The van der Waals surface area contributed by atoms with Crippen LogP contribution in [0.1, 0.15) is 43.1 Å². The van der Waals surface area contributed by atoms with Gasteiger partial charge in [-0.15, -0.1) is 0 Å². The SMILES string of the molecule is CCC(C)n1ccc(Cc2c(C)ccnc2N)n1. The molecule has 0 aliphatic rings. The van der Waals surface area contributed by atoms with Gasteiger partial charge in [0.15, 0.2) is 0 Å². The molecule has 0 saturated heterocycles. The summed E-state index contributed by atoms with van der Waals surface area (Å²) in [6.45, 7) is 6.38. The zero-order valence-corrected chi connectivity index (χ0v) is 11.2. The minimum Gasteiger partial charge on any atom is -0.383 e. The van der Waals surface area contributed by atoms with Crippen LogP contribution in [0.2, 0.25) is 0 Å². The molecule has 2 aromatic heterocycles. The molecule has 0 fully saturated rings. The summed E-state index contributed by atoms with van der Waals surface area (Å²) in [6, 6.07) is 4.47. The molecule has 0 saturated carbocycles. The molecule has 0 amide bonds. The molecule has 0 spiro atoms. The summed E-state index contributed by atoms with van der Waals surface area (Å²) in [7, 11) is 0. The molecule has 18 heavy (non-hydrogen) atoms. The molecule has 4 nitrogen and oxygen atoms in total. The van der Waals surface area contributed by atoms with Crippen LogP contribution < -0.4 is 5.73 Å². The molecule has 0 aromatic carbocycles. The highest BCUT2D eigenvalue weighted by molar-refractivity contribution is 5.45. The summed E-state index contributed by atoms with van der Waals surface area (Å²) in [6.07, 6.45) is 5.60. The summed E-state index contributed by atoms with van der Waals surface area (Å²) in [5.41, 5.74) is 9.20. The van der Waals surface area contributed by atoms with Gasteiger partial charge in [0, 0.05) is 30.4 Å². The van der Waals surface area contributed by atoms with Crippen molar-refractivity contribution in [3.63, 3.8) is 0 Å². The quantitative estimate of drug-likeness (QED) is 0.899. The molecular weight excluding hydrogens is 224 g/mol. The third-order valence-corrected chi connectivity index (χ3v) is 3.39. The molecule has 1 atom stereocenters. The van der Waals surface area contributed by atoms with Crippen molar-refractivity contribution in [1.82, 2.24) is 14.8 Å². The Labute approximate surface area is 108 Å². The Kier molecular flexibility index (Phi) is 3.65. The Balaban J connectivity index is 2.21. The molecule has 96 valence electrons. The van der Waals surface area contributed by atoms with E-state index in [2.05, 4.69) is 36.9 Å². The number of aryl methyl sites for hydroxylation is 1. The average Bonchev–Trinajstić information content (AvgIpc) is 2.81. The summed E-state index contributed by atoms with van der Waals surface area (Å²) in [5.74, 6) is 0.605. The Morgan fingerprint density at radius 2 is 2.17 bits per heavy atom. The normalized spacial score (nSPS) is 12.6. The Bertz CT molecular complexity index is 510. The lowest BCUT2D eigenvalue weighted by Gasteiger charge is -2.09. The lowest BCUT2D eigenvalue weighted by atomic mass is 10.1. The lowest BCUT2D eigenvalue weighted by Crippen LogP contribution is -2.06. The number of nitrogens with zero attached hydrogens (tertiary/aromatic N) is 3. The van der Waals surface area contributed by atoms with Crippen LogP contribution in [0, 0.1) is 6.92 Å². The second-order valence-corrected chi connectivity index (χ2v) is 4.71. The zero-order chi connectivity index (χ0) is 13.1. The number of pyridine rings is 1. The number of nitrogens with two attached hydrogens (primary N) is 1. The first-order valence-electron chi connectivity index (χ1n) is 6.35. The molecule has 2 N–H and O–H groups in total. The first kappa shape index (κ1) is 12.6. The molecule has 0 aliphatic heterocycles. The van der Waals surface area contributed by atoms with Crippen LogP contribution in [0.4, 0.5) is 5.82 Å².